The van der Waals surface area contributed by atoms with Gasteiger partial charge in [0.05, 0.1) is 17.5 Å². The van der Waals surface area contributed by atoms with Crippen molar-refractivity contribution in [3.63, 3.8) is 0 Å². The molecule has 2 rings (SSSR count). The van der Waals surface area contributed by atoms with Crippen LogP contribution in [0.3, 0.4) is 0 Å². The van der Waals surface area contributed by atoms with Gasteiger partial charge in [-0.1, -0.05) is 18.5 Å². The van der Waals surface area contributed by atoms with Crippen LogP contribution in [0.15, 0.2) is 30.6 Å². The highest BCUT2D eigenvalue weighted by molar-refractivity contribution is 7.89. The lowest BCUT2D eigenvalue weighted by Gasteiger charge is -2.07. The van der Waals surface area contributed by atoms with Crippen molar-refractivity contribution in [2.75, 3.05) is 0 Å². The van der Waals surface area contributed by atoms with Crippen molar-refractivity contribution in [2.24, 2.45) is 0 Å². The van der Waals surface area contributed by atoms with Crippen LogP contribution in [0.5, 0.6) is 0 Å². The van der Waals surface area contributed by atoms with E-state index in [4.69, 9.17) is 11.6 Å². The van der Waals surface area contributed by atoms with Gasteiger partial charge in [-0.3, -0.25) is 9.48 Å². The molecule has 1 aromatic carbocycles. The van der Waals surface area contributed by atoms with Crippen molar-refractivity contribution in [3.05, 3.63) is 52.6 Å². The first-order valence-corrected chi connectivity index (χ1v) is 8.85. The lowest BCUT2D eigenvalue weighted by atomic mass is 10.2. The highest BCUT2D eigenvalue weighted by Gasteiger charge is 2.19. The van der Waals surface area contributed by atoms with Gasteiger partial charge in [-0.25, -0.2) is 17.5 Å². The third-order valence-electron chi connectivity index (χ3n) is 2.95. The Labute approximate surface area is 138 Å². The molecule has 0 spiro atoms. The van der Waals surface area contributed by atoms with Crippen LogP contribution in [-0.2, 0) is 22.3 Å². The molecule has 0 aliphatic heterocycles. The molecule has 1 aromatic heterocycles. The van der Waals surface area contributed by atoms with E-state index in [1.165, 1.54) is 18.5 Å². The second-order valence-electron chi connectivity index (χ2n) is 4.92. The highest BCUT2D eigenvalue weighted by Crippen LogP contribution is 2.19. The maximum Gasteiger partial charge on any atom is 0.267 e. The van der Waals surface area contributed by atoms with Gasteiger partial charge in [0.1, 0.15) is 5.82 Å². The molecule has 0 unspecified atom stereocenters. The maximum atomic E-state index is 13.2. The summed E-state index contributed by atoms with van der Waals surface area (Å²) in [5.74, 6) is -2.00. The van der Waals surface area contributed by atoms with Gasteiger partial charge < -0.3 is 0 Å². The molecule has 0 aliphatic carbocycles. The number of rotatable bonds is 6. The van der Waals surface area contributed by atoms with Gasteiger partial charge in [0, 0.05) is 17.8 Å². The fourth-order valence-corrected chi connectivity index (χ4v) is 3.31. The van der Waals surface area contributed by atoms with E-state index in [1.807, 2.05) is 11.6 Å². The van der Waals surface area contributed by atoms with Gasteiger partial charge in [0.25, 0.3) is 5.91 Å². The van der Waals surface area contributed by atoms with Crippen LogP contribution in [0, 0.1) is 5.82 Å². The molecular weight excluding hydrogens is 345 g/mol. The lowest BCUT2D eigenvalue weighted by molar-refractivity contribution is 0.0981. The minimum Gasteiger partial charge on any atom is -0.272 e. The second kappa shape index (κ2) is 7.10. The summed E-state index contributed by atoms with van der Waals surface area (Å²) >= 11 is 5.84. The molecule has 0 fully saturated rings. The van der Waals surface area contributed by atoms with E-state index in [0.29, 0.717) is 6.54 Å². The molecule has 6 nitrogen and oxygen atoms in total. The Morgan fingerprint density at radius 1 is 1.43 bits per heavy atom. The van der Waals surface area contributed by atoms with E-state index >= 15 is 0 Å². The van der Waals surface area contributed by atoms with Crippen molar-refractivity contribution in [1.29, 1.82) is 0 Å². The Morgan fingerprint density at radius 2 is 2.17 bits per heavy atom. The largest absolute Gasteiger partial charge is 0.272 e. The quantitative estimate of drug-likeness (QED) is 0.858. The normalized spacial score (nSPS) is 11.4. The highest BCUT2D eigenvalue weighted by atomic mass is 35.5. The Kier molecular flexibility index (Phi) is 5.38. The number of carbonyl (C=O) groups is 1. The molecule has 0 atom stereocenters. The number of sulfonamides is 1. The average Bonchev–Trinajstić information content (AvgIpc) is 2.91. The second-order valence-corrected chi connectivity index (χ2v) is 7.05. The summed E-state index contributed by atoms with van der Waals surface area (Å²) in [6.07, 6.45) is 3.58. The van der Waals surface area contributed by atoms with Crippen molar-refractivity contribution in [2.45, 2.75) is 25.6 Å². The summed E-state index contributed by atoms with van der Waals surface area (Å²) in [5.41, 5.74) is 0.209. The number of halogens is 2. The lowest BCUT2D eigenvalue weighted by Crippen LogP contribution is -2.31. The third-order valence-corrected chi connectivity index (χ3v) is 4.51. The SMILES string of the molecule is CCCn1cc(C(=O)NS(=O)(=O)Cc2cc(F)ccc2Cl)cn1. The molecule has 0 aliphatic rings. The summed E-state index contributed by atoms with van der Waals surface area (Å²) in [4.78, 5) is 12.0. The van der Waals surface area contributed by atoms with Crippen LogP contribution in [0.25, 0.3) is 0 Å². The summed E-state index contributed by atoms with van der Waals surface area (Å²) in [5, 5.41) is 4.07. The van der Waals surface area contributed by atoms with E-state index < -0.39 is 27.5 Å². The number of hydrogen-bond acceptors (Lipinski definition) is 4. The molecule has 1 heterocycles. The fraction of sp³-hybridized carbons (Fsp3) is 0.286. The number of amides is 1. The number of aromatic nitrogens is 2. The van der Waals surface area contributed by atoms with Crippen molar-refractivity contribution < 1.29 is 17.6 Å². The van der Waals surface area contributed by atoms with E-state index in [2.05, 4.69) is 5.10 Å². The summed E-state index contributed by atoms with van der Waals surface area (Å²) in [7, 11) is -4.01. The summed E-state index contributed by atoms with van der Waals surface area (Å²) < 4.78 is 40.7. The molecular formula is C14H15ClFN3O3S. The van der Waals surface area contributed by atoms with Crippen LogP contribution in [0.1, 0.15) is 29.3 Å². The molecule has 1 amide bonds. The molecule has 0 saturated carbocycles. The molecule has 23 heavy (non-hydrogen) atoms. The van der Waals surface area contributed by atoms with Gasteiger partial charge in [-0.2, -0.15) is 5.10 Å². The number of nitrogens with zero attached hydrogens (tertiary/aromatic N) is 2. The van der Waals surface area contributed by atoms with Gasteiger partial charge >= 0.3 is 0 Å². The zero-order valence-corrected chi connectivity index (χ0v) is 13.9. The maximum absolute atomic E-state index is 13.2. The smallest absolute Gasteiger partial charge is 0.267 e. The van der Waals surface area contributed by atoms with Crippen molar-refractivity contribution >= 4 is 27.5 Å². The Bertz CT molecular complexity index is 820. The van der Waals surface area contributed by atoms with Crippen molar-refractivity contribution in [3.8, 4) is 0 Å². The van der Waals surface area contributed by atoms with Crippen LogP contribution >= 0.6 is 11.6 Å². The Hall–Kier alpha value is -1.93. The molecule has 0 saturated heterocycles. The van der Waals surface area contributed by atoms with Crippen LogP contribution in [0.4, 0.5) is 4.39 Å². The number of benzene rings is 1. The first-order chi connectivity index (χ1) is 10.8. The van der Waals surface area contributed by atoms with E-state index in [0.717, 1.165) is 18.6 Å². The predicted molar refractivity (Wildman–Crippen MR) is 84.0 cm³/mol. The van der Waals surface area contributed by atoms with Crippen molar-refractivity contribution in [1.82, 2.24) is 14.5 Å². The third kappa shape index (κ3) is 4.77. The molecule has 0 bridgehead atoms. The molecule has 0 radical (unpaired) electrons. The zero-order chi connectivity index (χ0) is 17.0. The fourth-order valence-electron chi connectivity index (χ4n) is 1.93. The van der Waals surface area contributed by atoms with Crippen LogP contribution in [-0.4, -0.2) is 24.1 Å². The van der Waals surface area contributed by atoms with Gasteiger partial charge in [-0.05, 0) is 30.2 Å². The molecule has 2 aromatic rings. The number of aryl methyl sites for hydroxylation is 1. The number of nitrogens with one attached hydrogen (secondary N) is 1. The molecule has 124 valence electrons. The number of hydrogen-bond donors (Lipinski definition) is 1. The Morgan fingerprint density at radius 3 is 2.87 bits per heavy atom. The van der Waals surface area contributed by atoms with E-state index in [9.17, 15) is 17.6 Å². The first kappa shape index (κ1) is 17.4. The first-order valence-electron chi connectivity index (χ1n) is 6.82. The van der Waals surface area contributed by atoms with Gasteiger partial charge in [0.15, 0.2) is 0 Å². The van der Waals surface area contributed by atoms with Gasteiger partial charge in [0.2, 0.25) is 10.0 Å². The summed E-state index contributed by atoms with van der Waals surface area (Å²) in [6, 6.07) is 3.41. The molecule has 9 heteroatoms. The van der Waals surface area contributed by atoms with Crippen LogP contribution < -0.4 is 4.72 Å². The summed E-state index contributed by atoms with van der Waals surface area (Å²) in [6.45, 7) is 2.58. The van der Waals surface area contributed by atoms with E-state index in [1.54, 1.807) is 4.68 Å². The van der Waals surface area contributed by atoms with E-state index in [-0.39, 0.29) is 16.1 Å². The number of carbonyl (C=O) groups excluding carboxylic acids is 1. The Balaban J connectivity index is 2.10. The topological polar surface area (TPSA) is 81.1 Å². The van der Waals surface area contributed by atoms with Gasteiger partial charge in [-0.15, -0.1) is 0 Å². The van der Waals surface area contributed by atoms with Crippen LogP contribution in [0.2, 0.25) is 5.02 Å². The minimum absolute atomic E-state index is 0.0774. The average molecular weight is 360 g/mol. The zero-order valence-electron chi connectivity index (χ0n) is 12.3. The monoisotopic (exact) mass is 359 g/mol. The predicted octanol–water partition coefficient (Wildman–Crippen LogP) is 2.35. The molecule has 1 N–H and O–H groups in total. The minimum atomic E-state index is -4.01. The standard InChI is InChI=1S/C14H15ClFN3O3S/c1-2-5-19-8-11(7-17-19)14(20)18-23(21,22)9-10-6-12(16)3-4-13(10)15/h3-4,6-8H,2,5,9H2,1H3,(H,18,20).